The first-order valence-corrected chi connectivity index (χ1v) is 13.9. The number of carbonyl (C=O) groups excluding carboxylic acids is 1. The monoisotopic (exact) mass is 550 g/mol. The number of benzene rings is 4. The quantitative estimate of drug-likeness (QED) is 0.212. The third-order valence-electron chi connectivity index (χ3n) is 8.04. The van der Waals surface area contributed by atoms with E-state index in [0.29, 0.717) is 21.8 Å². The summed E-state index contributed by atoms with van der Waals surface area (Å²) >= 11 is 6.31. The fourth-order valence-electron chi connectivity index (χ4n) is 5.40. The smallest absolute Gasteiger partial charge is 0.412 e. The fraction of sp³-hybridized carbons (Fsp3) is 0.206. The number of nitrogens with zero attached hydrogens (tertiary/aromatic N) is 1. The Kier molecular flexibility index (Phi) is 6.87. The number of fused-ring (bicyclic) bond motifs is 1. The number of aromatic nitrogens is 1. The van der Waals surface area contributed by atoms with Crippen LogP contribution < -0.4 is 5.32 Å². The summed E-state index contributed by atoms with van der Waals surface area (Å²) in [6.45, 7) is 3.86. The summed E-state index contributed by atoms with van der Waals surface area (Å²) in [5.74, 6) is 0. The molecule has 0 bridgehead atoms. The summed E-state index contributed by atoms with van der Waals surface area (Å²) in [5.41, 5.74) is 7.68. The number of hydrogen-bond donors (Lipinski definition) is 2. The lowest BCUT2D eigenvalue weighted by Gasteiger charge is -2.16. The van der Waals surface area contributed by atoms with Crippen molar-refractivity contribution in [1.29, 1.82) is 0 Å². The first-order valence-electron chi connectivity index (χ1n) is 13.5. The van der Waals surface area contributed by atoms with Crippen molar-refractivity contribution in [2.24, 2.45) is 0 Å². The van der Waals surface area contributed by atoms with Crippen molar-refractivity contribution in [2.75, 3.05) is 5.32 Å². The Morgan fingerprint density at radius 3 is 2.17 bits per heavy atom. The van der Waals surface area contributed by atoms with Gasteiger partial charge in [-0.2, -0.15) is 0 Å². The Morgan fingerprint density at radius 2 is 1.52 bits per heavy atom. The number of aliphatic hydroxyl groups is 1. The van der Waals surface area contributed by atoms with Crippen LogP contribution in [0.4, 0.5) is 10.5 Å². The number of halogens is 1. The minimum Gasteiger partial charge on any atom is -0.441 e. The van der Waals surface area contributed by atoms with Crippen molar-refractivity contribution in [2.45, 2.75) is 44.9 Å². The maximum atomic E-state index is 13.1. The molecular weight excluding hydrogens is 520 g/mol. The SMILES string of the molecule is C[C@@H](OC(=O)Nc1c(-c2ccc(-c3ccc(C4(C)CC4)cc3)cc2)n(CO)c2ccccc12)c1ccccc1Cl. The molecule has 0 saturated heterocycles. The number of hydrogen-bond acceptors (Lipinski definition) is 3. The number of anilines is 1. The Hall–Kier alpha value is -4.06. The lowest BCUT2D eigenvalue weighted by Crippen LogP contribution is -2.17. The van der Waals surface area contributed by atoms with Gasteiger partial charge in [0.2, 0.25) is 0 Å². The van der Waals surface area contributed by atoms with E-state index in [1.807, 2.05) is 54.6 Å². The molecular formula is C34H31ClN2O3. The summed E-state index contributed by atoms with van der Waals surface area (Å²) in [4.78, 5) is 13.1. The second-order valence-corrected chi connectivity index (χ2v) is 11.1. The second-order valence-electron chi connectivity index (χ2n) is 10.7. The van der Waals surface area contributed by atoms with E-state index in [1.165, 1.54) is 18.4 Å². The molecule has 0 aliphatic heterocycles. The van der Waals surface area contributed by atoms with Crippen LogP contribution in [-0.4, -0.2) is 15.8 Å². The summed E-state index contributed by atoms with van der Waals surface area (Å²) in [5, 5.41) is 14.7. The van der Waals surface area contributed by atoms with Gasteiger partial charge >= 0.3 is 6.09 Å². The molecule has 1 atom stereocenters. The van der Waals surface area contributed by atoms with Crippen LogP contribution in [0.5, 0.6) is 0 Å². The van der Waals surface area contributed by atoms with Gasteiger partial charge in [-0.25, -0.2) is 4.79 Å². The van der Waals surface area contributed by atoms with Gasteiger partial charge in [0.05, 0.1) is 16.9 Å². The molecule has 1 aliphatic rings. The van der Waals surface area contributed by atoms with Gasteiger partial charge in [0.15, 0.2) is 0 Å². The molecule has 1 aromatic heterocycles. The maximum Gasteiger partial charge on any atom is 0.412 e. The van der Waals surface area contributed by atoms with Gasteiger partial charge in [-0.3, -0.25) is 5.32 Å². The van der Waals surface area contributed by atoms with Crippen molar-refractivity contribution in [3.63, 3.8) is 0 Å². The highest BCUT2D eigenvalue weighted by molar-refractivity contribution is 6.31. The molecule has 6 heteroatoms. The summed E-state index contributed by atoms with van der Waals surface area (Å²) < 4.78 is 7.51. The highest BCUT2D eigenvalue weighted by Crippen LogP contribution is 2.47. The summed E-state index contributed by atoms with van der Waals surface area (Å²) in [6.07, 6.45) is 1.36. The molecule has 6 rings (SSSR count). The molecule has 4 aromatic carbocycles. The van der Waals surface area contributed by atoms with Crippen molar-refractivity contribution in [3.05, 3.63) is 113 Å². The van der Waals surface area contributed by atoms with E-state index < -0.39 is 12.2 Å². The molecule has 40 heavy (non-hydrogen) atoms. The van der Waals surface area contributed by atoms with Gasteiger partial charge in [0.1, 0.15) is 12.8 Å². The molecule has 5 nitrogen and oxygen atoms in total. The van der Waals surface area contributed by atoms with E-state index in [4.69, 9.17) is 16.3 Å². The lowest BCUT2D eigenvalue weighted by molar-refractivity contribution is 0.121. The van der Waals surface area contributed by atoms with Crippen LogP contribution in [0.25, 0.3) is 33.3 Å². The lowest BCUT2D eigenvalue weighted by atomic mass is 9.95. The number of aliphatic hydroxyl groups excluding tert-OH is 1. The topological polar surface area (TPSA) is 63.5 Å². The number of amides is 1. The normalized spacial score (nSPS) is 14.6. The Labute approximate surface area is 239 Å². The van der Waals surface area contributed by atoms with Gasteiger partial charge in [0.25, 0.3) is 0 Å². The molecule has 1 saturated carbocycles. The van der Waals surface area contributed by atoms with E-state index in [0.717, 1.165) is 33.2 Å². The average Bonchev–Trinajstić information content (AvgIpc) is 3.66. The molecule has 202 valence electrons. The van der Waals surface area contributed by atoms with E-state index in [1.54, 1.807) is 17.6 Å². The van der Waals surface area contributed by atoms with E-state index in [-0.39, 0.29) is 6.73 Å². The highest BCUT2D eigenvalue weighted by Gasteiger charge is 2.38. The van der Waals surface area contributed by atoms with Crippen molar-refractivity contribution >= 4 is 34.3 Å². The molecule has 1 heterocycles. The molecule has 1 aliphatic carbocycles. The number of nitrogens with one attached hydrogen (secondary N) is 1. The molecule has 0 spiro atoms. The Balaban J connectivity index is 1.32. The largest absolute Gasteiger partial charge is 0.441 e. The third kappa shape index (κ3) is 4.87. The number of carbonyl (C=O) groups is 1. The highest BCUT2D eigenvalue weighted by atomic mass is 35.5. The van der Waals surface area contributed by atoms with Gasteiger partial charge in [-0.15, -0.1) is 0 Å². The molecule has 0 radical (unpaired) electrons. The zero-order valence-electron chi connectivity index (χ0n) is 22.5. The fourth-order valence-corrected chi connectivity index (χ4v) is 5.69. The van der Waals surface area contributed by atoms with Crippen LogP contribution in [0.15, 0.2) is 97.1 Å². The van der Waals surface area contributed by atoms with Crippen molar-refractivity contribution < 1.29 is 14.6 Å². The van der Waals surface area contributed by atoms with Gasteiger partial charge < -0.3 is 14.4 Å². The predicted molar refractivity (Wildman–Crippen MR) is 162 cm³/mol. The molecule has 1 fully saturated rings. The van der Waals surface area contributed by atoms with Gasteiger partial charge in [-0.1, -0.05) is 103 Å². The summed E-state index contributed by atoms with van der Waals surface area (Å²) in [7, 11) is 0. The van der Waals surface area contributed by atoms with Crippen LogP contribution in [0, 0.1) is 0 Å². The molecule has 5 aromatic rings. The predicted octanol–water partition coefficient (Wildman–Crippen LogP) is 8.94. The zero-order chi connectivity index (χ0) is 27.9. The van der Waals surface area contributed by atoms with Gasteiger partial charge in [-0.05, 0) is 54.0 Å². The van der Waals surface area contributed by atoms with Crippen LogP contribution in [-0.2, 0) is 16.9 Å². The minimum atomic E-state index is -0.601. The third-order valence-corrected chi connectivity index (χ3v) is 8.38. The van der Waals surface area contributed by atoms with Crippen molar-refractivity contribution in [3.8, 4) is 22.4 Å². The second kappa shape index (κ2) is 10.5. The average molecular weight is 551 g/mol. The van der Waals surface area contributed by atoms with Crippen LogP contribution >= 0.6 is 11.6 Å². The molecule has 2 N–H and O–H groups in total. The molecule has 0 unspecified atom stereocenters. The number of rotatable bonds is 7. The van der Waals surface area contributed by atoms with Crippen molar-refractivity contribution in [1.82, 2.24) is 4.57 Å². The zero-order valence-corrected chi connectivity index (χ0v) is 23.3. The number of para-hydroxylation sites is 1. The first kappa shape index (κ1) is 26.2. The summed E-state index contributed by atoms with van der Waals surface area (Å²) in [6, 6.07) is 32.0. The van der Waals surface area contributed by atoms with Gasteiger partial charge in [0, 0.05) is 21.5 Å². The van der Waals surface area contributed by atoms with E-state index in [9.17, 15) is 9.90 Å². The first-order chi connectivity index (χ1) is 19.4. The van der Waals surface area contributed by atoms with Crippen LogP contribution in [0.1, 0.15) is 43.9 Å². The van der Waals surface area contributed by atoms with Crippen LogP contribution in [0.2, 0.25) is 5.02 Å². The molecule has 1 amide bonds. The maximum absolute atomic E-state index is 13.1. The standard InChI is InChI=1S/C34H31ClN2O3/c1-22(27-7-3-5-9-29(27)35)40-33(39)36-31-28-8-4-6-10-30(28)37(21-38)32(31)25-13-11-23(12-14-25)24-15-17-26(18-16-24)34(2)19-20-34/h3-18,22,38H,19-21H2,1-2H3,(H,36,39)/t22-/m1/s1. The van der Waals surface area contributed by atoms with E-state index in [2.05, 4.69) is 48.6 Å². The Morgan fingerprint density at radius 1 is 0.925 bits per heavy atom. The number of ether oxygens (including phenoxy) is 1. The van der Waals surface area contributed by atoms with Crippen LogP contribution in [0.3, 0.4) is 0 Å². The van der Waals surface area contributed by atoms with E-state index >= 15 is 0 Å². The minimum absolute atomic E-state index is 0.245. The Bertz CT molecular complexity index is 1690.